The van der Waals surface area contributed by atoms with Crippen LogP contribution in [0, 0.1) is 0 Å². The van der Waals surface area contributed by atoms with E-state index in [4.69, 9.17) is 16.3 Å². The Morgan fingerprint density at radius 1 is 1.11 bits per heavy atom. The topological polar surface area (TPSA) is 9.23 Å². The van der Waals surface area contributed by atoms with E-state index in [1.54, 1.807) is 0 Å². The molecule has 0 fully saturated rings. The molecule has 0 bridgehead atoms. The Balaban J connectivity index is 2.67. The van der Waals surface area contributed by atoms with Crippen molar-refractivity contribution < 1.29 is 4.74 Å². The van der Waals surface area contributed by atoms with Crippen LogP contribution in [0.2, 0.25) is 5.02 Å². The molecule has 0 atom stereocenters. The fourth-order valence-corrected chi connectivity index (χ4v) is 1.64. The Kier molecular flexibility index (Phi) is 6.44. The average molecular weight is 277 g/mol. The summed E-state index contributed by atoms with van der Waals surface area (Å²) in [4.78, 5) is 0. The van der Waals surface area contributed by atoms with E-state index < -0.39 is 0 Å². The number of halogens is 1. The fraction of sp³-hybridized carbons (Fsp3) is 0.294. The molecule has 0 aliphatic heterocycles. The van der Waals surface area contributed by atoms with Gasteiger partial charge in [-0.25, -0.2) is 0 Å². The number of hydrogen-bond acceptors (Lipinski definition) is 1. The molecule has 1 rings (SSSR count). The van der Waals surface area contributed by atoms with Crippen LogP contribution in [0.4, 0.5) is 0 Å². The third-order valence-corrected chi connectivity index (χ3v) is 2.96. The highest BCUT2D eigenvalue weighted by Gasteiger charge is 1.94. The highest BCUT2D eigenvalue weighted by atomic mass is 35.5. The molecule has 0 radical (unpaired) electrons. The van der Waals surface area contributed by atoms with Gasteiger partial charge in [-0.1, -0.05) is 41.8 Å². The molecule has 1 aromatic rings. The Bertz CT molecular complexity index is 492. The van der Waals surface area contributed by atoms with Crippen molar-refractivity contribution in [3.63, 3.8) is 0 Å². The molecule has 0 aliphatic rings. The van der Waals surface area contributed by atoms with Gasteiger partial charge in [0.05, 0.1) is 0 Å². The van der Waals surface area contributed by atoms with Crippen molar-refractivity contribution in [2.45, 2.75) is 34.1 Å². The SMILES string of the molecule is CC/C(C)=C/C(C)=C\C=C(/C)Oc1ccc(Cl)cc1. The van der Waals surface area contributed by atoms with Gasteiger partial charge >= 0.3 is 0 Å². The predicted molar refractivity (Wildman–Crippen MR) is 83.6 cm³/mol. The standard InChI is InChI=1S/C17H21ClO/c1-5-13(2)12-14(3)6-7-15(4)19-17-10-8-16(18)9-11-17/h6-12H,5H2,1-4H3/b13-12+,14-6-,15-7+. The van der Waals surface area contributed by atoms with E-state index >= 15 is 0 Å². The van der Waals surface area contributed by atoms with Crippen molar-refractivity contribution >= 4 is 11.6 Å². The van der Waals surface area contributed by atoms with Gasteiger partial charge < -0.3 is 4.74 Å². The normalized spacial score (nSPS) is 13.6. The zero-order chi connectivity index (χ0) is 14.3. The van der Waals surface area contributed by atoms with Crippen LogP contribution in [0.1, 0.15) is 34.1 Å². The first-order chi connectivity index (χ1) is 9.01. The van der Waals surface area contributed by atoms with Gasteiger partial charge in [-0.05, 0) is 57.5 Å². The summed E-state index contributed by atoms with van der Waals surface area (Å²) in [5.74, 6) is 1.65. The molecule has 0 amide bonds. The molecule has 0 N–H and O–H groups in total. The van der Waals surface area contributed by atoms with Gasteiger partial charge in [-0.3, -0.25) is 0 Å². The Labute approximate surface area is 121 Å². The number of ether oxygens (including phenoxy) is 1. The zero-order valence-corrected chi connectivity index (χ0v) is 12.8. The maximum Gasteiger partial charge on any atom is 0.127 e. The van der Waals surface area contributed by atoms with E-state index in [0.29, 0.717) is 5.02 Å². The first kappa shape index (κ1) is 15.6. The van der Waals surface area contributed by atoms with Crippen molar-refractivity contribution in [3.8, 4) is 5.75 Å². The first-order valence-corrected chi connectivity index (χ1v) is 6.85. The summed E-state index contributed by atoms with van der Waals surface area (Å²) >= 11 is 5.83. The maximum atomic E-state index is 5.83. The minimum absolute atomic E-state index is 0.713. The van der Waals surface area contributed by atoms with Crippen molar-refractivity contribution in [1.82, 2.24) is 0 Å². The molecule has 102 valence electrons. The van der Waals surface area contributed by atoms with Gasteiger partial charge in [0, 0.05) is 5.02 Å². The van der Waals surface area contributed by atoms with Crippen LogP contribution >= 0.6 is 11.6 Å². The minimum atomic E-state index is 0.713. The predicted octanol–water partition coefficient (Wildman–Crippen LogP) is 5.93. The van der Waals surface area contributed by atoms with Crippen molar-refractivity contribution in [2.75, 3.05) is 0 Å². The number of rotatable bonds is 5. The highest BCUT2D eigenvalue weighted by molar-refractivity contribution is 6.30. The molecule has 2 heteroatoms. The van der Waals surface area contributed by atoms with Gasteiger partial charge in [-0.15, -0.1) is 0 Å². The van der Waals surface area contributed by atoms with E-state index in [1.807, 2.05) is 37.3 Å². The molecule has 0 heterocycles. The summed E-state index contributed by atoms with van der Waals surface area (Å²) in [5, 5.41) is 0.713. The molecule has 19 heavy (non-hydrogen) atoms. The zero-order valence-electron chi connectivity index (χ0n) is 12.0. The van der Waals surface area contributed by atoms with Crippen molar-refractivity contribution in [1.29, 1.82) is 0 Å². The van der Waals surface area contributed by atoms with Gasteiger partial charge in [0.25, 0.3) is 0 Å². The number of benzene rings is 1. The van der Waals surface area contributed by atoms with Gasteiger partial charge in [0.15, 0.2) is 0 Å². The summed E-state index contributed by atoms with van der Waals surface area (Å²) in [7, 11) is 0. The van der Waals surface area contributed by atoms with Crippen molar-refractivity contribution in [2.24, 2.45) is 0 Å². The van der Waals surface area contributed by atoms with Crippen LogP contribution in [-0.4, -0.2) is 0 Å². The Morgan fingerprint density at radius 3 is 2.32 bits per heavy atom. The Morgan fingerprint density at radius 2 is 1.74 bits per heavy atom. The van der Waals surface area contributed by atoms with Crippen LogP contribution in [0.3, 0.4) is 0 Å². The quantitative estimate of drug-likeness (QED) is 0.479. The summed E-state index contributed by atoms with van der Waals surface area (Å²) in [6.45, 7) is 8.32. The van der Waals surface area contributed by atoms with Crippen LogP contribution in [0.15, 0.2) is 59.4 Å². The Hall–Kier alpha value is -1.47. The molecule has 0 aliphatic carbocycles. The second-order valence-corrected chi connectivity index (χ2v) is 5.02. The molecule has 0 unspecified atom stereocenters. The molecule has 0 saturated carbocycles. The molecular weight excluding hydrogens is 256 g/mol. The van der Waals surface area contributed by atoms with E-state index in [9.17, 15) is 0 Å². The van der Waals surface area contributed by atoms with E-state index in [-0.39, 0.29) is 0 Å². The van der Waals surface area contributed by atoms with Crippen LogP contribution in [0.25, 0.3) is 0 Å². The number of allylic oxidation sites excluding steroid dienone is 6. The molecule has 0 spiro atoms. The molecule has 1 nitrogen and oxygen atoms in total. The molecule has 0 saturated heterocycles. The second kappa shape index (κ2) is 7.85. The van der Waals surface area contributed by atoms with Crippen molar-refractivity contribution in [3.05, 3.63) is 64.4 Å². The molecule has 1 aromatic carbocycles. The van der Waals surface area contributed by atoms with Gasteiger partial charge in [0.2, 0.25) is 0 Å². The minimum Gasteiger partial charge on any atom is -0.462 e. The lowest BCUT2D eigenvalue weighted by molar-refractivity contribution is 0.428. The number of hydrogen-bond donors (Lipinski definition) is 0. The van der Waals surface area contributed by atoms with Gasteiger partial charge in [0.1, 0.15) is 11.5 Å². The maximum absolute atomic E-state index is 5.83. The summed E-state index contributed by atoms with van der Waals surface area (Å²) in [6, 6.07) is 7.35. The third kappa shape index (κ3) is 6.30. The summed E-state index contributed by atoms with van der Waals surface area (Å²) in [5.41, 5.74) is 2.59. The molecular formula is C17H21ClO. The highest BCUT2D eigenvalue weighted by Crippen LogP contribution is 2.17. The van der Waals surface area contributed by atoms with Gasteiger partial charge in [-0.2, -0.15) is 0 Å². The van der Waals surface area contributed by atoms with E-state index in [2.05, 4.69) is 32.9 Å². The summed E-state index contributed by atoms with van der Waals surface area (Å²) in [6.07, 6.45) is 7.30. The lowest BCUT2D eigenvalue weighted by atomic mass is 10.1. The van der Waals surface area contributed by atoms with Crippen LogP contribution < -0.4 is 4.74 Å². The average Bonchev–Trinajstić information content (AvgIpc) is 2.39. The van der Waals surface area contributed by atoms with Crippen LogP contribution in [0.5, 0.6) is 5.75 Å². The van der Waals surface area contributed by atoms with E-state index in [1.165, 1.54) is 11.1 Å². The van der Waals surface area contributed by atoms with E-state index in [0.717, 1.165) is 17.9 Å². The lowest BCUT2D eigenvalue weighted by Gasteiger charge is -2.05. The summed E-state index contributed by atoms with van der Waals surface area (Å²) < 4.78 is 5.69. The smallest absolute Gasteiger partial charge is 0.127 e. The first-order valence-electron chi connectivity index (χ1n) is 6.47. The van der Waals surface area contributed by atoms with Crippen LogP contribution in [-0.2, 0) is 0 Å². The monoisotopic (exact) mass is 276 g/mol. The fourth-order valence-electron chi connectivity index (χ4n) is 1.51. The third-order valence-electron chi connectivity index (χ3n) is 2.71. The largest absolute Gasteiger partial charge is 0.462 e. The lowest BCUT2D eigenvalue weighted by Crippen LogP contribution is -1.89. The molecule has 0 aromatic heterocycles. The second-order valence-electron chi connectivity index (χ2n) is 4.59.